The monoisotopic (exact) mass is 278 g/mol. The van der Waals surface area contributed by atoms with Gasteiger partial charge in [-0.2, -0.15) is 0 Å². The molecule has 2 aromatic rings. The molecule has 0 saturated heterocycles. The van der Waals surface area contributed by atoms with Gasteiger partial charge in [0.15, 0.2) is 11.6 Å². The number of carbonyl (C=O) groups is 1. The van der Waals surface area contributed by atoms with Gasteiger partial charge in [0.1, 0.15) is 5.76 Å². The minimum atomic E-state index is -0.212. The maximum Gasteiger partial charge on any atom is 0.199 e. The standard InChI is InChI=1S/C17H14N2O2/c1-10-7-11(2)19-15(8-10)18-9-14-16(20)12-5-3-4-6-13(12)17(14)21/h3-9,20H,1-2H3. The summed E-state index contributed by atoms with van der Waals surface area (Å²) >= 11 is 0. The van der Waals surface area contributed by atoms with Crippen LogP contribution in [-0.4, -0.2) is 22.1 Å². The average molecular weight is 278 g/mol. The van der Waals surface area contributed by atoms with Crippen molar-refractivity contribution in [3.05, 3.63) is 64.4 Å². The van der Waals surface area contributed by atoms with E-state index in [0.29, 0.717) is 16.9 Å². The largest absolute Gasteiger partial charge is 0.506 e. The van der Waals surface area contributed by atoms with Crippen molar-refractivity contribution in [2.75, 3.05) is 0 Å². The number of hydrogen-bond acceptors (Lipinski definition) is 4. The summed E-state index contributed by atoms with van der Waals surface area (Å²) in [6, 6.07) is 10.8. The molecule has 0 bridgehead atoms. The smallest absolute Gasteiger partial charge is 0.199 e. The fourth-order valence-electron chi connectivity index (χ4n) is 2.42. The van der Waals surface area contributed by atoms with Crippen molar-refractivity contribution in [1.29, 1.82) is 0 Å². The first-order valence-corrected chi connectivity index (χ1v) is 6.63. The minimum Gasteiger partial charge on any atom is -0.506 e. The van der Waals surface area contributed by atoms with Crippen LogP contribution >= 0.6 is 0 Å². The number of fused-ring (bicyclic) bond motifs is 1. The number of benzene rings is 1. The first-order chi connectivity index (χ1) is 10.1. The fraction of sp³-hybridized carbons (Fsp3) is 0.118. The van der Waals surface area contributed by atoms with Gasteiger partial charge in [0.2, 0.25) is 0 Å². The zero-order valence-electron chi connectivity index (χ0n) is 11.8. The Balaban J connectivity index is 1.98. The summed E-state index contributed by atoms with van der Waals surface area (Å²) in [6.07, 6.45) is 1.39. The van der Waals surface area contributed by atoms with Gasteiger partial charge in [-0.3, -0.25) is 4.79 Å². The zero-order valence-corrected chi connectivity index (χ0v) is 11.8. The number of aromatic nitrogens is 1. The highest BCUT2D eigenvalue weighted by Crippen LogP contribution is 2.30. The third kappa shape index (κ3) is 2.36. The molecule has 0 spiro atoms. The predicted octanol–water partition coefficient (Wildman–Crippen LogP) is 3.57. The number of carbonyl (C=O) groups excluding carboxylic acids is 1. The van der Waals surface area contributed by atoms with E-state index < -0.39 is 0 Å². The van der Waals surface area contributed by atoms with Crippen LogP contribution in [0.1, 0.15) is 27.2 Å². The van der Waals surface area contributed by atoms with Gasteiger partial charge in [-0.15, -0.1) is 0 Å². The van der Waals surface area contributed by atoms with E-state index in [1.54, 1.807) is 24.3 Å². The Labute approximate surface area is 122 Å². The maximum absolute atomic E-state index is 12.2. The lowest BCUT2D eigenvalue weighted by atomic mass is 10.1. The third-order valence-electron chi connectivity index (χ3n) is 3.34. The van der Waals surface area contributed by atoms with Gasteiger partial charge in [0.25, 0.3) is 0 Å². The van der Waals surface area contributed by atoms with Crippen molar-refractivity contribution < 1.29 is 9.90 Å². The summed E-state index contributed by atoms with van der Waals surface area (Å²) in [6.45, 7) is 3.85. The molecule has 1 aliphatic carbocycles. The molecule has 3 rings (SSSR count). The number of Topliss-reactive ketones (excluding diaryl/α,β-unsaturated/α-hetero) is 1. The van der Waals surface area contributed by atoms with E-state index in [1.807, 2.05) is 26.0 Å². The molecule has 0 radical (unpaired) electrons. The van der Waals surface area contributed by atoms with E-state index in [-0.39, 0.29) is 17.1 Å². The number of aliphatic hydroxyl groups is 1. The van der Waals surface area contributed by atoms with Gasteiger partial charge in [-0.1, -0.05) is 24.3 Å². The second-order valence-electron chi connectivity index (χ2n) is 5.04. The van der Waals surface area contributed by atoms with Crippen molar-refractivity contribution in [3.8, 4) is 0 Å². The summed E-state index contributed by atoms with van der Waals surface area (Å²) < 4.78 is 0. The van der Waals surface area contributed by atoms with Crippen LogP contribution in [-0.2, 0) is 0 Å². The number of pyridine rings is 1. The highest BCUT2D eigenvalue weighted by molar-refractivity contribution is 6.30. The Kier molecular flexibility index (Phi) is 3.14. The molecule has 1 N–H and O–H groups in total. The van der Waals surface area contributed by atoms with Gasteiger partial charge in [-0.25, -0.2) is 9.98 Å². The third-order valence-corrected chi connectivity index (χ3v) is 3.34. The molecule has 1 aromatic carbocycles. The molecule has 1 heterocycles. The second-order valence-corrected chi connectivity index (χ2v) is 5.04. The van der Waals surface area contributed by atoms with Crippen molar-refractivity contribution >= 4 is 23.6 Å². The first kappa shape index (κ1) is 13.2. The van der Waals surface area contributed by atoms with Crippen LogP contribution in [0.25, 0.3) is 5.76 Å². The normalized spacial score (nSPS) is 14.1. The Morgan fingerprint density at radius 2 is 1.86 bits per heavy atom. The summed E-state index contributed by atoms with van der Waals surface area (Å²) in [5, 5.41) is 10.1. The quantitative estimate of drug-likeness (QED) is 0.854. The molecule has 0 atom stereocenters. The van der Waals surface area contributed by atoms with Gasteiger partial charge in [0.05, 0.1) is 5.57 Å². The van der Waals surface area contributed by atoms with Crippen molar-refractivity contribution in [3.63, 3.8) is 0 Å². The number of aliphatic imine (C=N–C) groups is 1. The molecule has 1 aromatic heterocycles. The van der Waals surface area contributed by atoms with Crippen LogP contribution in [0.15, 0.2) is 47.0 Å². The molecule has 0 fully saturated rings. The number of aryl methyl sites for hydroxylation is 2. The van der Waals surface area contributed by atoms with E-state index in [0.717, 1.165) is 11.3 Å². The Morgan fingerprint density at radius 1 is 1.14 bits per heavy atom. The summed E-state index contributed by atoms with van der Waals surface area (Å²) in [5.74, 6) is 0.288. The van der Waals surface area contributed by atoms with Crippen LogP contribution in [0.2, 0.25) is 0 Å². The molecule has 0 unspecified atom stereocenters. The molecular weight excluding hydrogens is 264 g/mol. The zero-order chi connectivity index (χ0) is 15.0. The van der Waals surface area contributed by atoms with E-state index in [2.05, 4.69) is 9.98 Å². The molecule has 104 valence electrons. The van der Waals surface area contributed by atoms with E-state index in [4.69, 9.17) is 0 Å². The lowest BCUT2D eigenvalue weighted by Gasteiger charge is -1.99. The molecule has 0 aliphatic heterocycles. The molecule has 1 aliphatic rings. The number of aliphatic hydroxyl groups excluding tert-OH is 1. The summed E-state index contributed by atoms with van der Waals surface area (Å²) in [5.41, 5.74) is 3.18. The molecule has 4 heteroatoms. The van der Waals surface area contributed by atoms with Crippen LogP contribution in [0.3, 0.4) is 0 Å². The van der Waals surface area contributed by atoms with Crippen molar-refractivity contribution in [1.82, 2.24) is 4.98 Å². The van der Waals surface area contributed by atoms with Crippen molar-refractivity contribution in [2.45, 2.75) is 13.8 Å². The lowest BCUT2D eigenvalue weighted by molar-refractivity contribution is 0.104. The van der Waals surface area contributed by atoms with E-state index in [1.165, 1.54) is 6.21 Å². The van der Waals surface area contributed by atoms with Crippen LogP contribution < -0.4 is 0 Å². The van der Waals surface area contributed by atoms with Crippen LogP contribution in [0.4, 0.5) is 5.82 Å². The summed E-state index contributed by atoms with van der Waals surface area (Å²) in [7, 11) is 0. The highest BCUT2D eigenvalue weighted by Gasteiger charge is 2.27. The van der Waals surface area contributed by atoms with Crippen molar-refractivity contribution in [2.24, 2.45) is 4.99 Å². The SMILES string of the molecule is Cc1cc(C)nc(N=CC2=C(O)c3ccccc3C2=O)c1. The van der Waals surface area contributed by atoms with E-state index >= 15 is 0 Å². The topological polar surface area (TPSA) is 62.6 Å². The number of allylic oxidation sites excluding steroid dienone is 1. The fourth-order valence-corrected chi connectivity index (χ4v) is 2.42. The van der Waals surface area contributed by atoms with Crippen LogP contribution in [0.5, 0.6) is 0 Å². The Hall–Kier alpha value is -2.75. The first-order valence-electron chi connectivity index (χ1n) is 6.63. The van der Waals surface area contributed by atoms with E-state index in [9.17, 15) is 9.90 Å². The predicted molar refractivity (Wildman–Crippen MR) is 82.2 cm³/mol. The molecule has 21 heavy (non-hydrogen) atoms. The second kappa shape index (κ2) is 4.98. The minimum absolute atomic E-state index is 0.0243. The van der Waals surface area contributed by atoms with Gasteiger partial charge in [0, 0.05) is 23.0 Å². The Bertz CT molecular complexity index is 784. The molecule has 0 amide bonds. The molecule has 0 saturated carbocycles. The number of nitrogens with zero attached hydrogens (tertiary/aromatic N) is 2. The van der Waals surface area contributed by atoms with Gasteiger partial charge in [-0.05, 0) is 31.5 Å². The Morgan fingerprint density at radius 3 is 2.52 bits per heavy atom. The number of rotatable bonds is 2. The van der Waals surface area contributed by atoms with Crippen LogP contribution in [0, 0.1) is 13.8 Å². The van der Waals surface area contributed by atoms with Gasteiger partial charge >= 0.3 is 0 Å². The molecular formula is C17H14N2O2. The molecule has 4 nitrogen and oxygen atoms in total. The van der Waals surface area contributed by atoms with Gasteiger partial charge < -0.3 is 5.11 Å². The number of hydrogen-bond donors (Lipinski definition) is 1. The highest BCUT2D eigenvalue weighted by atomic mass is 16.3. The average Bonchev–Trinajstić information content (AvgIpc) is 2.69. The summed E-state index contributed by atoms with van der Waals surface area (Å²) in [4.78, 5) is 20.7. The number of ketones is 1. The lowest BCUT2D eigenvalue weighted by Crippen LogP contribution is -1.99. The maximum atomic E-state index is 12.2.